The van der Waals surface area contributed by atoms with Crippen LogP contribution in [0.1, 0.15) is 26.3 Å². The summed E-state index contributed by atoms with van der Waals surface area (Å²) in [5.41, 5.74) is 1.04. The molecule has 2 rings (SSSR count). The van der Waals surface area contributed by atoms with Gasteiger partial charge in [0.2, 0.25) is 5.88 Å². The standard InChI is InChI=1S/C20H28N4O2.HI/c1-5-25-17-8-6-7-9-18(17)26-19-11-10-16(13-22-19)14-24-20(21-4)23-12-15(2)3;/h6-11,13,15H,5,12,14H2,1-4H3,(H2,21,23,24);1H. The van der Waals surface area contributed by atoms with E-state index in [1.165, 1.54) is 0 Å². The first-order chi connectivity index (χ1) is 12.6. The third-order valence-electron chi connectivity index (χ3n) is 3.52. The van der Waals surface area contributed by atoms with Crippen LogP contribution in [0.15, 0.2) is 47.6 Å². The minimum absolute atomic E-state index is 0. The summed E-state index contributed by atoms with van der Waals surface area (Å²) in [6.45, 7) is 8.37. The fourth-order valence-corrected chi connectivity index (χ4v) is 2.20. The van der Waals surface area contributed by atoms with Crippen LogP contribution in [0.3, 0.4) is 0 Å². The number of hydrogen-bond acceptors (Lipinski definition) is 4. The number of pyridine rings is 1. The SMILES string of the molecule is CCOc1ccccc1Oc1ccc(CNC(=NC)NCC(C)C)cn1.I. The van der Waals surface area contributed by atoms with Gasteiger partial charge in [-0.15, -0.1) is 24.0 Å². The van der Waals surface area contributed by atoms with Gasteiger partial charge >= 0.3 is 0 Å². The fraction of sp³-hybridized carbons (Fsp3) is 0.400. The predicted octanol–water partition coefficient (Wildman–Crippen LogP) is 4.21. The number of aromatic nitrogens is 1. The van der Waals surface area contributed by atoms with E-state index in [2.05, 4.69) is 34.5 Å². The number of benzene rings is 1. The Kier molecular flexibility index (Phi) is 10.5. The summed E-state index contributed by atoms with van der Waals surface area (Å²) in [5.74, 6) is 3.24. The van der Waals surface area contributed by atoms with Gasteiger partial charge < -0.3 is 20.1 Å². The number of ether oxygens (including phenoxy) is 2. The molecule has 7 heteroatoms. The number of guanidine groups is 1. The zero-order valence-electron chi connectivity index (χ0n) is 16.4. The van der Waals surface area contributed by atoms with E-state index in [0.717, 1.165) is 18.1 Å². The molecular weight excluding hydrogens is 455 g/mol. The first-order valence-electron chi connectivity index (χ1n) is 8.91. The van der Waals surface area contributed by atoms with Gasteiger partial charge in [-0.3, -0.25) is 4.99 Å². The van der Waals surface area contributed by atoms with Gasteiger partial charge in [-0.1, -0.05) is 32.0 Å². The van der Waals surface area contributed by atoms with E-state index in [0.29, 0.717) is 36.4 Å². The Hall–Kier alpha value is -2.03. The highest BCUT2D eigenvalue weighted by molar-refractivity contribution is 14.0. The fourth-order valence-electron chi connectivity index (χ4n) is 2.20. The van der Waals surface area contributed by atoms with Crippen LogP contribution in [0, 0.1) is 5.92 Å². The molecule has 0 aliphatic heterocycles. The smallest absolute Gasteiger partial charge is 0.219 e. The molecule has 1 aromatic heterocycles. The van der Waals surface area contributed by atoms with Crippen LogP contribution < -0.4 is 20.1 Å². The molecule has 0 spiro atoms. The van der Waals surface area contributed by atoms with E-state index < -0.39 is 0 Å². The van der Waals surface area contributed by atoms with Gasteiger partial charge in [0.25, 0.3) is 0 Å². The van der Waals surface area contributed by atoms with Gasteiger partial charge in [0.1, 0.15) is 0 Å². The van der Waals surface area contributed by atoms with Gasteiger partial charge in [0, 0.05) is 32.4 Å². The van der Waals surface area contributed by atoms with E-state index in [4.69, 9.17) is 9.47 Å². The summed E-state index contributed by atoms with van der Waals surface area (Å²) < 4.78 is 11.4. The molecule has 1 heterocycles. The summed E-state index contributed by atoms with van der Waals surface area (Å²) in [7, 11) is 1.76. The third kappa shape index (κ3) is 8.03. The maximum absolute atomic E-state index is 5.84. The van der Waals surface area contributed by atoms with Gasteiger partial charge in [-0.2, -0.15) is 0 Å². The molecule has 0 atom stereocenters. The molecule has 0 saturated heterocycles. The van der Waals surface area contributed by atoms with Crippen molar-refractivity contribution in [3.8, 4) is 17.4 Å². The predicted molar refractivity (Wildman–Crippen MR) is 120 cm³/mol. The Morgan fingerprint density at radius 1 is 1.11 bits per heavy atom. The Bertz CT molecular complexity index is 705. The molecule has 2 N–H and O–H groups in total. The molecule has 0 radical (unpaired) electrons. The topological polar surface area (TPSA) is 67.8 Å². The molecule has 148 valence electrons. The van der Waals surface area contributed by atoms with Gasteiger partial charge in [0.15, 0.2) is 17.5 Å². The van der Waals surface area contributed by atoms with E-state index in [1.54, 1.807) is 13.2 Å². The molecule has 27 heavy (non-hydrogen) atoms. The quantitative estimate of drug-likeness (QED) is 0.334. The lowest BCUT2D eigenvalue weighted by atomic mass is 10.2. The molecule has 0 saturated carbocycles. The maximum atomic E-state index is 5.84. The normalized spacial score (nSPS) is 10.9. The Morgan fingerprint density at radius 3 is 2.44 bits per heavy atom. The molecule has 0 unspecified atom stereocenters. The van der Waals surface area contributed by atoms with Crippen molar-refractivity contribution in [2.24, 2.45) is 10.9 Å². The number of para-hydroxylation sites is 2. The van der Waals surface area contributed by atoms with Crippen LogP contribution >= 0.6 is 24.0 Å². The van der Waals surface area contributed by atoms with Gasteiger partial charge in [-0.25, -0.2) is 4.98 Å². The monoisotopic (exact) mass is 484 g/mol. The van der Waals surface area contributed by atoms with Crippen molar-refractivity contribution in [3.05, 3.63) is 48.2 Å². The lowest BCUT2D eigenvalue weighted by Gasteiger charge is -2.13. The van der Waals surface area contributed by atoms with Crippen molar-refractivity contribution in [2.45, 2.75) is 27.3 Å². The maximum Gasteiger partial charge on any atom is 0.219 e. The Balaban J connectivity index is 0.00000364. The zero-order chi connectivity index (χ0) is 18.8. The molecule has 0 bridgehead atoms. The summed E-state index contributed by atoms with van der Waals surface area (Å²) in [5, 5.41) is 6.56. The van der Waals surface area contributed by atoms with Crippen molar-refractivity contribution in [2.75, 3.05) is 20.2 Å². The Labute approximate surface area is 178 Å². The number of aliphatic imine (C=N–C) groups is 1. The highest BCUT2D eigenvalue weighted by Gasteiger charge is 2.06. The second-order valence-corrected chi connectivity index (χ2v) is 6.19. The molecular formula is C20H29IN4O2. The highest BCUT2D eigenvalue weighted by Crippen LogP contribution is 2.30. The second kappa shape index (κ2) is 12.4. The summed E-state index contributed by atoms with van der Waals surface area (Å²) >= 11 is 0. The van der Waals surface area contributed by atoms with Crippen LogP contribution in [0.4, 0.5) is 0 Å². The Morgan fingerprint density at radius 2 is 1.85 bits per heavy atom. The van der Waals surface area contributed by atoms with Crippen LogP contribution in [0.25, 0.3) is 0 Å². The van der Waals surface area contributed by atoms with E-state index in [9.17, 15) is 0 Å². The summed E-state index contributed by atoms with van der Waals surface area (Å²) in [6, 6.07) is 11.4. The zero-order valence-corrected chi connectivity index (χ0v) is 18.7. The molecule has 0 fully saturated rings. The lowest BCUT2D eigenvalue weighted by Crippen LogP contribution is -2.38. The van der Waals surface area contributed by atoms with Crippen molar-refractivity contribution >= 4 is 29.9 Å². The molecule has 0 aliphatic carbocycles. The van der Waals surface area contributed by atoms with E-state index in [1.807, 2.05) is 43.3 Å². The van der Waals surface area contributed by atoms with E-state index >= 15 is 0 Å². The summed E-state index contributed by atoms with van der Waals surface area (Å²) in [6.07, 6.45) is 1.79. The minimum Gasteiger partial charge on any atom is -0.490 e. The number of halogens is 1. The van der Waals surface area contributed by atoms with Crippen LogP contribution in [-0.4, -0.2) is 31.1 Å². The summed E-state index contributed by atoms with van der Waals surface area (Å²) in [4.78, 5) is 8.59. The van der Waals surface area contributed by atoms with Crippen LogP contribution in [-0.2, 0) is 6.54 Å². The first kappa shape index (κ1) is 23.0. The van der Waals surface area contributed by atoms with Gasteiger partial charge in [-0.05, 0) is 30.5 Å². The molecule has 0 aliphatic rings. The number of rotatable bonds is 8. The van der Waals surface area contributed by atoms with Crippen molar-refractivity contribution in [1.82, 2.24) is 15.6 Å². The lowest BCUT2D eigenvalue weighted by molar-refractivity contribution is 0.319. The average molecular weight is 484 g/mol. The number of nitrogens with zero attached hydrogens (tertiary/aromatic N) is 2. The van der Waals surface area contributed by atoms with Crippen LogP contribution in [0.2, 0.25) is 0 Å². The highest BCUT2D eigenvalue weighted by atomic mass is 127. The molecule has 2 aromatic rings. The minimum atomic E-state index is 0. The van der Waals surface area contributed by atoms with E-state index in [-0.39, 0.29) is 24.0 Å². The largest absolute Gasteiger partial charge is 0.490 e. The second-order valence-electron chi connectivity index (χ2n) is 6.19. The third-order valence-corrected chi connectivity index (χ3v) is 3.52. The van der Waals surface area contributed by atoms with Crippen molar-refractivity contribution < 1.29 is 9.47 Å². The number of hydrogen-bond donors (Lipinski definition) is 2. The van der Waals surface area contributed by atoms with Gasteiger partial charge in [0.05, 0.1) is 6.61 Å². The molecule has 6 nitrogen and oxygen atoms in total. The van der Waals surface area contributed by atoms with Crippen molar-refractivity contribution in [1.29, 1.82) is 0 Å². The molecule has 0 amide bonds. The average Bonchev–Trinajstić information content (AvgIpc) is 2.65. The first-order valence-corrected chi connectivity index (χ1v) is 8.91. The molecule has 1 aromatic carbocycles. The van der Waals surface area contributed by atoms with Crippen molar-refractivity contribution in [3.63, 3.8) is 0 Å². The number of nitrogens with one attached hydrogen (secondary N) is 2. The van der Waals surface area contributed by atoms with Crippen LogP contribution in [0.5, 0.6) is 17.4 Å².